The molecule has 1 heterocycles. The number of aliphatic hydroxyl groups excluding tert-OH is 1. The third kappa shape index (κ3) is 1.88. The van der Waals surface area contributed by atoms with Gasteiger partial charge < -0.3 is 5.11 Å². The second-order valence-electron chi connectivity index (χ2n) is 4.30. The van der Waals surface area contributed by atoms with Crippen molar-refractivity contribution in [3.63, 3.8) is 0 Å². The fourth-order valence-corrected chi connectivity index (χ4v) is 2.31. The van der Waals surface area contributed by atoms with Crippen LogP contribution >= 0.6 is 0 Å². The van der Waals surface area contributed by atoms with Gasteiger partial charge >= 0.3 is 0 Å². The highest BCUT2D eigenvalue weighted by Gasteiger charge is 2.23. The van der Waals surface area contributed by atoms with E-state index in [1.54, 1.807) is 6.33 Å². The van der Waals surface area contributed by atoms with E-state index in [1.165, 1.54) is 17.7 Å². The molecule has 2 unspecified atom stereocenters. The number of aliphatic hydroxyl groups is 1. The topological polar surface area (TPSA) is 46.0 Å². The highest BCUT2D eigenvalue weighted by Crippen LogP contribution is 2.29. The first-order chi connectivity index (χ1) is 7.24. The Balaban J connectivity index is 2.32. The largest absolute Gasteiger partial charge is 0.392 e. The van der Waals surface area contributed by atoms with Gasteiger partial charge in [-0.25, -0.2) is 9.97 Å². The average molecular weight is 206 g/mol. The summed E-state index contributed by atoms with van der Waals surface area (Å²) in [4.78, 5) is 8.64. The summed E-state index contributed by atoms with van der Waals surface area (Å²) in [7, 11) is 0. The molecule has 1 aliphatic carbocycles. The zero-order valence-corrected chi connectivity index (χ0v) is 9.40. The lowest BCUT2D eigenvalue weighted by Gasteiger charge is -2.18. The van der Waals surface area contributed by atoms with Crippen molar-refractivity contribution < 1.29 is 5.11 Å². The second kappa shape index (κ2) is 4.27. The van der Waals surface area contributed by atoms with Crippen molar-refractivity contribution in [1.82, 2.24) is 9.97 Å². The first-order valence-corrected chi connectivity index (χ1v) is 5.74. The van der Waals surface area contributed by atoms with Crippen LogP contribution in [-0.2, 0) is 12.8 Å². The van der Waals surface area contributed by atoms with Gasteiger partial charge in [0.15, 0.2) is 0 Å². The molecule has 0 fully saturated rings. The Bertz CT molecular complexity index is 351. The van der Waals surface area contributed by atoms with Crippen LogP contribution < -0.4 is 0 Å². The molecule has 0 aliphatic heterocycles. The average Bonchev–Trinajstić information content (AvgIpc) is 2.74. The van der Waals surface area contributed by atoms with Gasteiger partial charge in [0.1, 0.15) is 6.33 Å². The lowest BCUT2D eigenvalue weighted by atomic mass is 9.94. The SMILES string of the molecule is CCC(O)C(C)c1ncnc2c1CCC2. The third-order valence-electron chi connectivity index (χ3n) is 3.34. The summed E-state index contributed by atoms with van der Waals surface area (Å²) in [6.07, 6.45) is 5.45. The summed E-state index contributed by atoms with van der Waals surface area (Å²) >= 11 is 0. The van der Waals surface area contributed by atoms with Crippen molar-refractivity contribution in [2.45, 2.75) is 51.6 Å². The van der Waals surface area contributed by atoms with Crippen molar-refractivity contribution in [1.29, 1.82) is 0 Å². The van der Waals surface area contributed by atoms with E-state index in [2.05, 4.69) is 16.9 Å². The standard InChI is InChI=1S/C12H18N2O/c1-3-11(15)8(2)12-9-5-4-6-10(9)13-7-14-12/h7-8,11,15H,3-6H2,1-2H3. The molecule has 15 heavy (non-hydrogen) atoms. The molecule has 0 amide bonds. The van der Waals surface area contributed by atoms with Crippen molar-refractivity contribution in [2.75, 3.05) is 0 Å². The monoisotopic (exact) mass is 206 g/mol. The van der Waals surface area contributed by atoms with E-state index in [0.29, 0.717) is 0 Å². The summed E-state index contributed by atoms with van der Waals surface area (Å²) in [5, 5.41) is 9.85. The highest BCUT2D eigenvalue weighted by atomic mass is 16.3. The molecule has 0 spiro atoms. The van der Waals surface area contributed by atoms with Gasteiger partial charge in [-0.2, -0.15) is 0 Å². The quantitative estimate of drug-likeness (QED) is 0.820. The lowest BCUT2D eigenvalue weighted by molar-refractivity contribution is 0.143. The Kier molecular flexibility index (Phi) is 3.00. The van der Waals surface area contributed by atoms with E-state index >= 15 is 0 Å². The van der Waals surface area contributed by atoms with Crippen molar-refractivity contribution >= 4 is 0 Å². The molecule has 0 saturated carbocycles. The zero-order valence-electron chi connectivity index (χ0n) is 9.40. The third-order valence-corrected chi connectivity index (χ3v) is 3.34. The number of hydrogen-bond acceptors (Lipinski definition) is 3. The Hall–Kier alpha value is -0.960. The van der Waals surface area contributed by atoms with Crippen LogP contribution in [-0.4, -0.2) is 21.2 Å². The van der Waals surface area contributed by atoms with E-state index in [0.717, 1.165) is 25.0 Å². The number of nitrogens with zero attached hydrogens (tertiary/aromatic N) is 2. The molecule has 2 rings (SSSR count). The van der Waals surface area contributed by atoms with Gasteiger partial charge in [-0.3, -0.25) is 0 Å². The molecule has 0 radical (unpaired) electrons. The first-order valence-electron chi connectivity index (χ1n) is 5.74. The summed E-state index contributed by atoms with van der Waals surface area (Å²) in [6, 6.07) is 0. The fourth-order valence-electron chi connectivity index (χ4n) is 2.31. The molecule has 2 atom stereocenters. The predicted octanol–water partition coefficient (Wildman–Crippen LogP) is 1.84. The number of hydrogen-bond donors (Lipinski definition) is 1. The van der Waals surface area contributed by atoms with Crippen LogP contribution in [0.25, 0.3) is 0 Å². The molecule has 0 bridgehead atoms. The molecule has 82 valence electrons. The van der Waals surface area contributed by atoms with Gasteiger partial charge in [0.05, 0.1) is 11.8 Å². The lowest BCUT2D eigenvalue weighted by Crippen LogP contribution is -2.17. The Morgan fingerprint density at radius 3 is 2.93 bits per heavy atom. The molecule has 3 nitrogen and oxygen atoms in total. The second-order valence-corrected chi connectivity index (χ2v) is 4.30. The number of rotatable bonds is 3. The zero-order chi connectivity index (χ0) is 10.8. The highest BCUT2D eigenvalue weighted by molar-refractivity contribution is 5.31. The van der Waals surface area contributed by atoms with E-state index in [4.69, 9.17) is 0 Å². The molecule has 1 aromatic heterocycles. The van der Waals surface area contributed by atoms with E-state index < -0.39 is 0 Å². The van der Waals surface area contributed by atoms with Crippen molar-refractivity contribution in [2.24, 2.45) is 0 Å². The molecule has 3 heteroatoms. The van der Waals surface area contributed by atoms with Crippen LogP contribution in [0, 0.1) is 0 Å². The summed E-state index contributed by atoms with van der Waals surface area (Å²) in [5.74, 6) is 0.129. The van der Waals surface area contributed by atoms with E-state index in [-0.39, 0.29) is 12.0 Å². The predicted molar refractivity (Wildman–Crippen MR) is 58.8 cm³/mol. The molecule has 0 aromatic carbocycles. The fraction of sp³-hybridized carbons (Fsp3) is 0.667. The van der Waals surface area contributed by atoms with Crippen molar-refractivity contribution in [3.8, 4) is 0 Å². The van der Waals surface area contributed by atoms with E-state index in [9.17, 15) is 5.11 Å². The minimum absolute atomic E-state index is 0.129. The minimum Gasteiger partial charge on any atom is -0.392 e. The molecular weight excluding hydrogens is 188 g/mol. The van der Waals surface area contributed by atoms with Gasteiger partial charge in [0.25, 0.3) is 0 Å². The molecule has 1 N–H and O–H groups in total. The normalized spacial score (nSPS) is 18.6. The maximum atomic E-state index is 9.85. The summed E-state index contributed by atoms with van der Waals surface area (Å²) in [6.45, 7) is 4.05. The van der Waals surface area contributed by atoms with Gasteiger partial charge in [-0.05, 0) is 31.2 Å². The van der Waals surface area contributed by atoms with Gasteiger partial charge in [0.2, 0.25) is 0 Å². The Labute approximate surface area is 90.6 Å². The summed E-state index contributed by atoms with van der Waals surface area (Å²) in [5.41, 5.74) is 3.54. The number of aromatic nitrogens is 2. The first kappa shape index (κ1) is 10.6. The molecule has 0 saturated heterocycles. The van der Waals surface area contributed by atoms with Crippen LogP contribution in [0.3, 0.4) is 0 Å². The van der Waals surface area contributed by atoms with Gasteiger partial charge in [-0.15, -0.1) is 0 Å². The van der Waals surface area contributed by atoms with Gasteiger partial charge in [-0.1, -0.05) is 13.8 Å². The van der Waals surface area contributed by atoms with Crippen molar-refractivity contribution in [3.05, 3.63) is 23.3 Å². The van der Waals surface area contributed by atoms with Crippen LogP contribution in [0.5, 0.6) is 0 Å². The Morgan fingerprint density at radius 2 is 2.20 bits per heavy atom. The van der Waals surface area contributed by atoms with Gasteiger partial charge in [0, 0.05) is 11.6 Å². The maximum Gasteiger partial charge on any atom is 0.115 e. The molecular formula is C12H18N2O. The van der Waals surface area contributed by atoms with Crippen LogP contribution in [0.1, 0.15) is 49.6 Å². The number of aryl methyl sites for hydroxylation is 1. The van der Waals surface area contributed by atoms with E-state index in [1.807, 2.05) is 6.92 Å². The summed E-state index contributed by atoms with van der Waals surface area (Å²) < 4.78 is 0. The van der Waals surface area contributed by atoms with Crippen LogP contribution in [0.2, 0.25) is 0 Å². The number of fused-ring (bicyclic) bond motifs is 1. The molecule has 1 aromatic rings. The van der Waals surface area contributed by atoms with Crippen LogP contribution in [0.15, 0.2) is 6.33 Å². The van der Waals surface area contributed by atoms with Crippen LogP contribution in [0.4, 0.5) is 0 Å². The maximum absolute atomic E-state index is 9.85. The smallest absolute Gasteiger partial charge is 0.115 e. The Morgan fingerprint density at radius 1 is 1.40 bits per heavy atom. The minimum atomic E-state index is -0.287. The molecule has 1 aliphatic rings.